The Kier molecular flexibility index (Phi) is 9.16. The van der Waals surface area contributed by atoms with Crippen LogP contribution in [-0.4, -0.2) is 86.0 Å². The molecule has 6 rings (SSSR count). The zero-order valence-corrected chi connectivity index (χ0v) is 28.0. The van der Waals surface area contributed by atoms with Crippen LogP contribution >= 0.6 is 0 Å². The molecule has 4 aliphatic carbocycles. The summed E-state index contributed by atoms with van der Waals surface area (Å²) in [6.45, 7) is 11.9. The van der Waals surface area contributed by atoms with Crippen molar-refractivity contribution in [2.75, 3.05) is 40.3 Å². The summed E-state index contributed by atoms with van der Waals surface area (Å²) in [6.07, 6.45) is 17.0. The molecule has 4 saturated carbocycles. The number of likely N-dealkylation sites (tertiary alicyclic amines) is 2. The first-order valence-electron chi connectivity index (χ1n) is 18.2. The molecule has 43 heavy (non-hydrogen) atoms. The number of esters is 1. The Hall–Kier alpha value is -1.34. The number of nitrogens with zero attached hydrogens (tertiary/aromatic N) is 3. The van der Waals surface area contributed by atoms with E-state index in [9.17, 15) is 9.90 Å². The first-order valence-corrected chi connectivity index (χ1v) is 18.2. The van der Waals surface area contributed by atoms with E-state index in [0.29, 0.717) is 42.2 Å². The molecular weight excluding hydrogens is 538 g/mol. The highest BCUT2D eigenvalue weighted by atomic mass is 16.6. The maximum Gasteiger partial charge on any atom is 0.306 e. The normalized spacial score (nSPS) is 45.0. The average Bonchev–Trinajstić information content (AvgIpc) is 3.30. The number of fused-ring (bicyclic) bond motifs is 5. The van der Waals surface area contributed by atoms with Gasteiger partial charge < -0.3 is 19.1 Å². The quantitative estimate of drug-likeness (QED) is 0.173. The average molecular weight is 600 g/mol. The predicted octanol–water partition coefficient (Wildman–Crippen LogP) is 5.55. The summed E-state index contributed by atoms with van der Waals surface area (Å²) < 4.78 is 13.8. The van der Waals surface area contributed by atoms with Crippen LogP contribution in [0, 0.1) is 34.5 Å². The molecule has 7 nitrogen and oxygen atoms in total. The van der Waals surface area contributed by atoms with Crippen molar-refractivity contribution < 1.29 is 23.9 Å². The summed E-state index contributed by atoms with van der Waals surface area (Å²) in [5.41, 5.74) is 0.327. The van der Waals surface area contributed by atoms with E-state index < -0.39 is 6.08 Å². The highest BCUT2D eigenvalue weighted by Gasteiger charge is 2.67. The molecule has 0 amide bonds. The summed E-state index contributed by atoms with van der Waals surface area (Å²) in [7, 11) is 4.04. The molecule has 5 unspecified atom stereocenters. The molecule has 0 radical (unpaired) electrons. The third-order valence-corrected chi connectivity index (χ3v) is 14.2. The predicted molar refractivity (Wildman–Crippen MR) is 168 cm³/mol. The molecule has 6 aliphatic rings. The van der Waals surface area contributed by atoms with Crippen molar-refractivity contribution in [2.24, 2.45) is 39.5 Å². The number of ether oxygens (including phenoxy) is 2. The number of aliphatic imine (C=N–C) groups is 1. The second-order valence-corrected chi connectivity index (χ2v) is 16.4. The van der Waals surface area contributed by atoms with Gasteiger partial charge in [-0.15, -0.1) is 0 Å². The Morgan fingerprint density at radius 3 is 2.37 bits per heavy atom. The largest absolute Gasteiger partial charge is 0.595 e. The summed E-state index contributed by atoms with van der Waals surface area (Å²) in [6, 6.07) is 0.727. The van der Waals surface area contributed by atoms with E-state index in [1.807, 2.05) is 0 Å². The van der Waals surface area contributed by atoms with E-state index in [4.69, 9.17) is 9.47 Å². The van der Waals surface area contributed by atoms with Crippen LogP contribution in [0.4, 0.5) is 0 Å². The van der Waals surface area contributed by atoms with E-state index in [2.05, 4.69) is 37.7 Å². The molecule has 7 heteroatoms. The van der Waals surface area contributed by atoms with Gasteiger partial charge in [-0.25, -0.2) is 0 Å². The van der Waals surface area contributed by atoms with Gasteiger partial charge in [0.15, 0.2) is 6.10 Å². The van der Waals surface area contributed by atoms with Gasteiger partial charge in [0.25, 0.3) is 0 Å². The smallest absolute Gasteiger partial charge is 0.306 e. The summed E-state index contributed by atoms with van der Waals surface area (Å²) >= 11 is 0. The number of hydrogen-bond acceptors (Lipinski definition) is 6. The highest BCUT2D eigenvalue weighted by Crippen LogP contribution is 2.67. The molecule has 10 atom stereocenters. The van der Waals surface area contributed by atoms with Crippen molar-refractivity contribution in [3.63, 3.8) is 0 Å². The van der Waals surface area contributed by atoms with Crippen LogP contribution in [0.5, 0.6) is 0 Å². The number of likely N-dealkylation sites (N-methyl/N-ethyl adjacent to an activating group) is 1. The second kappa shape index (κ2) is 12.5. The van der Waals surface area contributed by atoms with Crippen LogP contribution in [0.1, 0.15) is 117 Å². The maximum atomic E-state index is 13.1. The van der Waals surface area contributed by atoms with Gasteiger partial charge in [-0.1, -0.05) is 27.2 Å². The molecule has 0 aromatic carbocycles. The van der Waals surface area contributed by atoms with Gasteiger partial charge in [0, 0.05) is 37.5 Å². The lowest BCUT2D eigenvalue weighted by Crippen LogP contribution is -2.62. The molecule has 0 spiro atoms. The van der Waals surface area contributed by atoms with Gasteiger partial charge in [-0.3, -0.25) is 14.7 Å². The van der Waals surface area contributed by atoms with Crippen molar-refractivity contribution in [2.45, 2.75) is 141 Å². The van der Waals surface area contributed by atoms with Crippen LogP contribution in [0.25, 0.3) is 0 Å². The van der Waals surface area contributed by atoms with Gasteiger partial charge in [0.2, 0.25) is 0 Å². The third kappa shape index (κ3) is 5.66. The Balaban J connectivity index is 1.29. The van der Waals surface area contributed by atoms with Crippen LogP contribution in [0.15, 0.2) is 4.99 Å². The topological polar surface area (TPSA) is 74.2 Å². The van der Waals surface area contributed by atoms with E-state index in [-0.39, 0.29) is 29.0 Å². The minimum absolute atomic E-state index is 0.0248. The van der Waals surface area contributed by atoms with Crippen LogP contribution in [0.2, 0.25) is 0 Å². The second-order valence-electron chi connectivity index (χ2n) is 16.4. The van der Waals surface area contributed by atoms with Crippen molar-refractivity contribution in [1.82, 2.24) is 4.90 Å². The van der Waals surface area contributed by atoms with Gasteiger partial charge in [-0.05, 0) is 119 Å². The lowest BCUT2D eigenvalue weighted by atomic mass is 9.44. The summed E-state index contributed by atoms with van der Waals surface area (Å²) in [4.78, 5) is 19.6. The number of piperidine rings is 2. The third-order valence-electron chi connectivity index (χ3n) is 14.2. The lowest BCUT2D eigenvalue weighted by molar-refractivity contribution is -0.940. The van der Waals surface area contributed by atoms with Crippen molar-refractivity contribution in [1.29, 1.82) is 0 Å². The van der Waals surface area contributed by atoms with Crippen molar-refractivity contribution in [3.8, 4) is 0 Å². The van der Waals surface area contributed by atoms with Gasteiger partial charge in [0.05, 0.1) is 20.1 Å². The van der Waals surface area contributed by atoms with Gasteiger partial charge in [0.1, 0.15) is 12.1 Å². The molecule has 0 aromatic heterocycles. The monoisotopic (exact) mass is 599 g/mol. The molecule has 2 saturated heterocycles. The molecule has 0 bridgehead atoms. The number of quaternary nitrogens is 1. The van der Waals surface area contributed by atoms with Crippen LogP contribution in [0.3, 0.4) is 0 Å². The fourth-order valence-corrected chi connectivity index (χ4v) is 11.9. The van der Waals surface area contributed by atoms with Crippen LogP contribution in [-0.2, 0) is 14.3 Å². The molecule has 2 aliphatic heterocycles. The summed E-state index contributed by atoms with van der Waals surface area (Å²) in [5.74, 6) is 2.63. The molecule has 0 aromatic rings. The Bertz CT molecular complexity index is 1020. The molecular formula is C36H61N3O4. The number of carbonyl (C=O) groups is 1. The van der Waals surface area contributed by atoms with Crippen molar-refractivity contribution >= 4 is 12.1 Å². The highest BCUT2D eigenvalue weighted by molar-refractivity contribution is 5.69. The van der Waals surface area contributed by atoms with Gasteiger partial charge in [-0.2, -0.15) is 0 Å². The maximum absolute atomic E-state index is 13.1. The zero-order chi connectivity index (χ0) is 30.4. The Morgan fingerprint density at radius 2 is 1.67 bits per heavy atom. The molecule has 2 heterocycles. The van der Waals surface area contributed by atoms with E-state index in [1.165, 1.54) is 83.7 Å². The summed E-state index contributed by atoms with van der Waals surface area (Å²) in [5, 5.41) is 12.4. The lowest BCUT2D eigenvalue weighted by Gasteiger charge is -2.63. The number of rotatable bonds is 6. The Labute approximate surface area is 261 Å². The SMILES string of the molecule is CCCC(=O)O[C@H]1C([N+]2(C)CCCCC2)CC2C3CC[C@H]4C[C@H](OC([O-])=NC)C(N5CCCCC5)C[C@]4(C)C3CC[C@@]21C. The molecule has 6 fully saturated rings. The first-order chi connectivity index (χ1) is 20.6. The fraction of sp³-hybridized carbons (Fsp3) is 0.944. The van der Waals surface area contributed by atoms with E-state index in [1.54, 1.807) is 7.05 Å². The number of hydrogen-bond donors (Lipinski definition) is 0. The minimum atomic E-state index is -0.396. The van der Waals surface area contributed by atoms with Crippen molar-refractivity contribution in [3.05, 3.63) is 0 Å². The standard InChI is InChI=1S/C36H61N3O4/c1-6-13-32(40)43-33-30(39(5)20-11-8-12-21-39)23-28-26-15-14-25-22-31(42-34(41)37-4)29(38-18-9-7-10-19-38)24-36(25,3)27(26)16-17-35(28,33)2/h25-31,33H,6-24H2,1-5H3/t25-,26?,27?,28?,29?,30?,31-,33-,35-,36-/m0/s1. The first kappa shape index (κ1) is 31.6. The molecule has 0 N–H and O–H groups in total. The van der Waals surface area contributed by atoms with E-state index in [0.717, 1.165) is 36.8 Å². The zero-order valence-electron chi connectivity index (χ0n) is 28.0. The van der Waals surface area contributed by atoms with E-state index >= 15 is 0 Å². The Morgan fingerprint density at radius 1 is 0.953 bits per heavy atom. The van der Waals surface area contributed by atoms with Gasteiger partial charge >= 0.3 is 5.97 Å². The van der Waals surface area contributed by atoms with Crippen LogP contribution < -0.4 is 5.11 Å². The minimum Gasteiger partial charge on any atom is -0.595 e. The number of carbonyl (C=O) groups excluding carboxylic acids is 1. The fourth-order valence-electron chi connectivity index (χ4n) is 11.9. The molecule has 244 valence electrons.